The fourth-order valence-corrected chi connectivity index (χ4v) is 5.20. The second kappa shape index (κ2) is 10.4. The number of amides is 4. The largest absolute Gasteiger partial charge is 0.350 e. The highest BCUT2D eigenvalue weighted by Gasteiger charge is 2.43. The van der Waals surface area contributed by atoms with Crippen LogP contribution in [0.25, 0.3) is 0 Å². The van der Waals surface area contributed by atoms with Gasteiger partial charge in [0.05, 0.1) is 6.42 Å². The molecule has 1 aromatic heterocycles. The Kier molecular flexibility index (Phi) is 7.29. The van der Waals surface area contributed by atoms with E-state index in [9.17, 15) is 14.4 Å². The Balaban J connectivity index is 1.50. The normalized spacial score (nSPS) is 22.8. The van der Waals surface area contributed by atoms with Crippen molar-refractivity contribution in [3.8, 4) is 0 Å². The van der Waals surface area contributed by atoms with Crippen molar-refractivity contribution in [1.82, 2.24) is 15.1 Å². The third-order valence-electron chi connectivity index (χ3n) is 6.28. The molecule has 2 aliphatic rings. The van der Waals surface area contributed by atoms with Crippen molar-refractivity contribution in [3.63, 3.8) is 0 Å². The summed E-state index contributed by atoms with van der Waals surface area (Å²) in [5, 5.41) is 7.88. The van der Waals surface area contributed by atoms with Crippen molar-refractivity contribution in [2.75, 3.05) is 18.4 Å². The van der Waals surface area contributed by atoms with Crippen LogP contribution in [0.5, 0.6) is 0 Å². The van der Waals surface area contributed by atoms with Gasteiger partial charge in [0.2, 0.25) is 5.91 Å². The van der Waals surface area contributed by atoms with Crippen molar-refractivity contribution < 1.29 is 14.4 Å². The maximum absolute atomic E-state index is 13.4. The number of rotatable bonds is 5. The molecule has 9 heteroatoms. The summed E-state index contributed by atoms with van der Waals surface area (Å²) >= 11 is 1.51. The molecule has 4 amide bonds. The second-order valence-electron chi connectivity index (χ2n) is 8.83. The van der Waals surface area contributed by atoms with Gasteiger partial charge in [-0.1, -0.05) is 18.2 Å². The monoisotopic (exact) mass is 469 g/mol. The highest BCUT2D eigenvalue weighted by atomic mass is 32.1. The standard InChI is InChI=1S/C24H31N5O3S/c1-16-4-2-5-19(14-16)27-24(32)29-12-11-28(21(30)15-20-6-3-13-33-20)23(29)22(31)26-18-9-7-17(25)8-10-18/h2-6,13-14,17-18,23H,7-12,15,25H2,1H3,(H,26,31)(H,27,32). The quantitative estimate of drug-likeness (QED) is 0.626. The molecule has 1 saturated heterocycles. The molecule has 2 fully saturated rings. The molecule has 4 N–H and O–H groups in total. The van der Waals surface area contributed by atoms with E-state index < -0.39 is 12.2 Å². The predicted octanol–water partition coefficient (Wildman–Crippen LogP) is 2.69. The first-order chi connectivity index (χ1) is 15.9. The lowest BCUT2D eigenvalue weighted by Gasteiger charge is -2.32. The van der Waals surface area contributed by atoms with E-state index in [0.717, 1.165) is 36.1 Å². The number of carbonyl (C=O) groups excluding carboxylic acids is 3. The summed E-state index contributed by atoms with van der Waals surface area (Å²) in [5.41, 5.74) is 7.67. The number of hydrogen-bond donors (Lipinski definition) is 3. The first-order valence-corrected chi connectivity index (χ1v) is 12.3. The molecule has 0 spiro atoms. The van der Waals surface area contributed by atoms with Gasteiger partial charge in [-0.15, -0.1) is 11.3 Å². The lowest BCUT2D eigenvalue weighted by atomic mass is 9.92. The number of nitrogens with one attached hydrogen (secondary N) is 2. The molecular weight excluding hydrogens is 438 g/mol. The Labute approximate surface area is 198 Å². The van der Waals surface area contributed by atoms with Crippen molar-refractivity contribution in [3.05, 3.63) is 52.2 Å². The van der Waals surface area contributed by atoms with Crippen LogP contribution in [-0.4, -0.2) is 59.0 Å². The summed E-state index contributed by atoms with van der Waals surface area (Å²) in [6.07, 6.45) is 2.56. The van der Waals surface area contributed by atoms with Crippen LogP contribution in [0.15, 0.2) is 41.8 Å². The zero-order valence-corrected chi connectivity index (χ0v) is 19.6. The molecular formula is C24H31N5O3S. The SMILES string of the molecule is Cc1cccc(NC(=O)N2CCN(C(=O)Cc3cccs3)C2C(=O)NC2CCC(N)CC2)c1. The zero-order valence-electron chi connectivity index (χ0n) is 18.8. The van der Waals surface area contributed by atoms with Gasteiger partial charge < -0.3 is 21.3 Å². The Morgan fingerprint density at radius 2 is 1.82 bits per heavy atom. The molecule has 33 heavy (non-hydrogen) atoms. The van der Waals surface area contributed by atoms with Crippen molar-refractivity contribution in [2.24, 2.45) is 5.73 Å². The van der Waals surface area contributed by atoms with Gasteiger partial charge in [-0.2, -0.15) is 0 Å². The maximum atomic E-state index is 13.4. The van der Waals surface area contributed by atoms with E-state index in [1.807, 2.05) is 42.6 Å². The van der Waals surface area contributed by atoms with Crippen LogP contribution in [-0.2, 0) is 16.0 Å². The summed E-state index contributed by atoms with van der Waals surface area (Å²) in [6, 6.07) is 11.1. The number of carbonyl (C=O) groups is 3. The fraction of sp³-hybridized carbons (Fsp3) is 0.458. The average Bonchev–Trinajstić information content (AvgIpc) is 3.45. The number of nitrogens with two attached hydrogens (primary N) is 1. The predicted molar refractivity (Wildman–Crippen MR) is 129 cm³/mol. The molecule has 8 nitrogen and oxygen atoms in total. The minimum Gasteiger partial charge on any atom is -0.350 e. The summed E-state index contributed by atoms with van der Waals surface area (Å²) in [7, 11) is 0. The van der Waals surface area contributed by atoms with E-state index in [4.69, 9.17) is 5.73 Å². The van der Waals surface area contributed by atoms with Crippen LogP contribution < -0.4 is 16.4 Å². The average molecular weight is 470 g/mol. The highest BCUT2D eigenvalue weighted by Crippen LogP contribution is 2.22. The number of hydrogen-bond acceptors (Lipinski definition) is 5. The van der Waals surface area contributed by atoms with Gasteiger partial charge in [-0.05, 0) is 61.7 Å². The first kappa shape index (κ1) is 23.3. The van der Waals surface area contributed by atoms with Crippen LogP contribution in [0.2, 0.25) is 0 Å². The number of urea groups is 1. The van der Waals surface area contributed by atoms with Crippen LogP contribution in [0.4, 0.5) is 10.5 Å². The number of aryl methyl sites for hydroxylation is 1. The zero-order chi connectivity index (χ0) is 23.4. The third kappa shape index (κ3) is 5.72. The Hall–Kier alpha value is -2.91. The number of thiophene rings is 1. The topological polar surface area (TPSA) is 108 Å². The molecule has 1 aromatic carbocycles. The van der Waals surface area contributed by atoms with Crippen molar-refractivity contribution in [1.29, 1.82) is 0 Å². The summed E-state index contributed by atoms with van der Waals surface area (Å²) in [5.74, 6) is -0.471. The van der Waals surface area contributed by atoms with E-state index >= 15 is 0 Å². The fourth-order valence-electron chi connectivity index (χ4n) is 4.51. The molecule has 2 aromatic rings. The van der Waals surface area contributed by atoms with Crippen LogP contribution in [0.1, 0.15) is 36.1 Å². The minimum absolute atomic E-state index is 0.00818. The summed E-state index contributed by atoms with van der Waals surface area (Å²) in [6.45, 7) is 2.56. The molecule has 0 bridgehead atoms. The molecule has 1 aliphatic carbocycles. The smallest absolute Gasteiger partial charge is 0.323 e. The summed E-state index contributed by atoms with van der Waals surface area (Å²) in [4.78, 5) is 43.6. The molecule has 0 radical (unpaired) electrons. The van der Waals surface area contributed by atoms with E-state index in [0.29, 0.717) is 18.8 Å². The Morgan fingerprint density at radius 1 is 1.06 bits per heavy atom. The molecule has 1 aliphatic heterocycles. The van der Waals surface area contributed by atoms with Crippen molar-refractivity contribution in [2.45, 2.75) is 57.3 Å². The molecule has 1 saturated carbocycles. The molecule has 176 valence electrons. The molecule has 1 atom stereocenters. The lowest BCUT2D eigenvalue weighted by Crippen LogP contribution is -2.57. The van der Waals surface area contributed by atoms with E-state index in [2.05, 4.69) is 10.6 Å². The van der Waals surface area contributed by atoms with Crippen molar-refractivity contribution >= 4 is 34.9 Å². The van der Waals surface area contributed by atoms with Gasteiger partial charge in [0, 0.05) is 35.7 Å². The van der Waals surface area contributed by atoms with Gasteiger partial charge >= 0.3 is 6.03 Å². The Morgan fingerprint density at radius 3 is 2.52 bits per heavy atom. The van der Waals surface area contributed by atoms with Gasteiger partial charge in [-0.3, -0.25) is 14.5 Å². The van der Waals surface area contributed by atoms with Crippen LogP contribution in [0.3, 0.4) is 0 Å². The first-order valence-electron chi connectivity index (χ1n) is 11.4. The highest BCUT2D eigenvalue weighted by molar-refractivity contribution is 7.10. The van der Waals surface area contributed by atoms with E-state index in [-0.39, 0.29) is 30.3 Å². The maximum Gasteiger partial charge on any atom is 0.323 e. The Bertz CT molecular complexity index is 988. The number of anilines is 1. The number of nitrogens with zero attached hydrogens (tertiary/aromatic N) is 2. The third-order valence-corrected chi connectivity index (χ3v) is 7.16. The van der Waals surface area contributed by atoms with E-state index in [1.54, 1.807) is 6.07 Å². The number of benzene rings is 1. The van der Waals surface area contributed by atoms with Gasteiger partial charge in [0.1, 0.15) is 0 Å². The van der Waals surface area contributed by atoms with Gasteiger partial charge in [-0.25, -0.2) is 4.79 Å². The van der Waals surface area contributed by atoms with Crippen LogP contribution in [0, 0.1) is 6.92 Å². The molecule has 4 rings (SSSR count). The van der Waals surface area contributed by atoms with E-state index in [1.165, 1.54) is 21.1 Å². The van der Waals surface area contributed by atoms with Gasteiger partial charge in [0.25, 0.3) is 5.91 Å². The van der Waals surface area contributed by atoms with Gasteiger partial charge in [0.15, 0.2) is 6.17 Å². The van der Waals surface area contributed by atoms with Crippen LogP contribution >= 0.6 is 11.3 Å². The molecule has 1 unspecified atom stereocenters. The lowest BCUT2D eigenvalue weighted by molar-refractivity contribution is -0.141. The summed E-state index contributed by atoms with van der Waals surface area (Å²) < 4.78 is 0. The molecule has 2 heterocycles. The minimum atomic E-state index is -0.974. The second-order valence-corrected chi connectivity index (χ2v) is 9.86.